The van der Waals surface area contributed by atoms with Crippen LogP contribution in [0.5, 0.6) is 0 Å². The Bertz CT molecular complexity index is 392. The molecule has 0 saturated heterocycles. The minimum atomic E-state index is -4.47. The smallest absolute Gasteiger partial charge is 0.293 e. The number of alkyl halides is 3. The number of carbonyl (C=O) groups excluding carboxylic acids is 1. The summed E-state index contributed by atoms with van der Waals surface area (Å²) in [6.45, 7) is 4.21. The van der Waals surface area contributed by atoms with E-state index in [0.717, 1.165) is 6.20 Å². The van der Waals surface area contributed by atoms with Gasteiger partial charge >= 0.3 is 6.18 Å². The highest BCUT2D eigenvalue weighted by Crippen LogP contribution is 2.31. The Morgan fingerprint density at radius 1 is 1.40 bits per heavy atom. The standard InChI is InChI=1S/C10H8F3NO/c1-6(10(11,12)13)8-3-4-9(7(2)15)14-5-8/h3-5H,1H2,2H3. The third-order valence-electron chi connectivity index (χ3n) is 1.81. The summed E-state index contributed by atoms with van der Waals surface area (Å²) in [4.78, 5) is 14.4. The molecule has 0 aliphatic carbocycles. The fourth-order valence-corrected chi connectivity index (χ4v) is 0.944. The quantitative estimate of drug-likeness (QED) is 0.710. The van der Waals surface area contributed by atoms with Gasteiger partial charge in [-0.15, -0.1) is 0 Å². The molecule has 0 amide bonds. The molecule has 0 fully saturated rings. The molecule has 1 heterocycles. The SMILES string of the molecule is C=C(c1ccc(C(C)=O)nc1)C(F)(F)F. The Labute approximate surface area is 84.4 Å². The van der Waals surface area contributed by atoms with E-state index in [1.54, 1.807) is 0 Å². The molecule has 0 spiro atoms. The largest absolute Gasteiger partial charge is 0.416 e. The normalized spacial score (nSPS) is 11.2. The first-order valence-electron chi connectivity index (χ1n) is 4.06. The van der Waals surface area contributed by atoms with Crippen LogP contribution in [0.3, 0.4) is 0 Å². The zero-order valence-electron chi connectivity index (χ0n) is 7.93. The molecule has 1 aromatic rings. The van der Waals surface area contributed by atoms with E-state index in [4.69, 9.17) is 0 Å². The number of Topliss-reactive ketones (excluding diaryl/α,β-unsaturated/α-hetero) is 1. The number of rotatable bonds is 2. The van der Waals surface area contributed by atoms with Gasteiger partial charge in [0.2, 0.25) is 0 Å². The molecule has 1 aromatic heterocycles. The summed E-state index contributed by atoms with van der Waals surface area (Å²) in [7, 11) is 0. The van der Waals surface area contributed by atoms with Gasteiger partial charge in [0.05, 0.1) is 5.57 Å². The van der Waals surface area contributed by atoms with Crippen molar-refractivity contribution in [2.75, 3.05) is 0 Å². The Hall–Kier alpha value is -1.65. The lowest BCUT2D eigenvalue weighted by molar-refractivity contribution is -0.0686. The number of aromatic nitrogens is 1. The third kappa shape index (κ3) is 2.65. The summed E-state index contributed by atoms with van der Waals surface area (Å²) >= 11 is 0. The Balaban J connectivity index is 3.00. The highest BCUT2D eigenvalue weighted by Gasteiger charge is 2.32. The van der Waals surface area contributed by atoms with Crippen LogP contribution in [-0.4, -0.2) is 16.9 Å². The molecular formula is C10H8F3NO. The minimum absolute atomic E-state index is 0.132. The molecule has 80 valence electrons. The van der Waals surface area contributed by atoms with Crippen LogP contribution >= 0.6 is 0 Å². The second-order valence-corrected chi connectivity index (χ2v) is 2.96. The van der Waals surface area contributed by atoms with Crippen molar-refractivity contribution in [3.05, 3.63) is 36.2 Å². The maximum atomic E-state index is 12.2. The van der Waals surface area contributed by atoms with Crippen LogP contribution in [0.15, 0.2) is 24.9 Å². The van der Waals surface area contributed by atoms with Gasteiger partial charge in [-0.1, -0.05) is 12.6 Å². The van der Waals surface area contributed by atoms with Gasteiger partial charge in [-0.25, -0.2) is 0 Å². The van der Waals surface area contributed by atoms with Gasteiger partial charge in [-0.3, -0.25) is 9.78 Å². The average Bonchev–Trinajstić information content (AvgIpc) is 2.15. The number of pyridine rings is 1. The van der Waals surface area contributed by atoms with Crippen molar-refractivity contribution >= 4 is 11.4 Å². The molecule has 0 aliphatic rings. The molecule has 5 heteroatoms. The minimum Gasteiger partial charge on any atom is -0.293 e. The fourth-order valence-electron chi connectivity index (χ4n) is 0.944. The third-order valence-corrected chi connectivity index (χ3v) is 1.81. The second-order valence-electron chi connectivity index (χ2n) is 2.96. The van der Waals surface area contributed by atoms with E-state index in [-0.39, 0.29) is 17.0 Å². The highest BCUT2D eigenvalue weighted by atomic mass is 19.4. The molecule has 0 radical (unpaired) electrons. The predicted molar refractivity (Wildman–Crippen MR) is 49.3 cm³/mol. The summed E-state index contributed by atoms with van der Waals surface area (Å²) in [6.07, 6.45) is -3.48. The van der Waals surface area contributed by atoms with Crippen molar-refractivity contribution in [1.29, 1.82) is 0 Å². The van der Waals surface area contributed by atoms with Crippen molar-refractivity contribution in [3.63, 3.8) is 0 Å². The van der Waals surface area contributed by atoms with Crippen molar-refractivity contribution in [2.24, 2.45) is 0 Å². The molecule has 0 saturated carbocycles. The first-order chi connectivity index (χ1) is 6.82. The van der Waals surface area contributed by atoms with E-state index in [2.05, 4.69) is 11.6 Å². The summed E-state index contributed by atoms with van der Waals surface area (Å²) in [5, 5.41) is 0. The van der Waals surface area contributed by atoms with Crippen LogP contribution in [0, 0.1) is 0 Å². The monoisotopic (exact) mass is 215 g/mol. The van der Waals surface area contributed by atoms with Gasteiger partial charge in [0, 0.05) is 18.7 Å². The van der Waals surface area contributed by atoms with Gasteiger partial charge in [0.25, 0.3) is 0 Å². The Kier molecular flexibility index (Phi) is 2.93. The lowest BCUT2D eigenvalue weighted by atomic mass is 10.1. The number of hydrogen-bond acceptors (Lipinski definition) is 2. The number of carbonyl (C=O) groups is 1. The Morgan fingerprint density at radius 2 is 2.00 bits per heavy atom. The van der Waals surface area contributed by atoms with Crippen molar-refractivity contribution in [1.82, 2.24) is 4.98 Å². The number of ketones is 1. The van der Waals surface area contributed by atoms with Crippen molar-refractivity contribution in [3.8, 4) is 0 Å². The van der Waals surface area contributed by atoms with Crippen LogP contribution in [0.1, 0.15) is 23.0 Å². The first-order valence-corrected chi connectivity index (χ1v) is 4.06. The molecule has 0 unspecified atom stereocenters. The van der Waals surface area contributed by atoms with Crippen LogP contribution in [-0.2, 0) is 0 Å². The van der Waals surface area contributed by atoms with E-state index in [9.17, 15) is 18.0 Å². The Morgan fingerprint density at radius 3 is 2.33 bits per heavy atom. The molecule has 0 bridgehead atoms. The molecule has 0 atom stereocenters. The van der Waals surface area contributed by atoms with Gasteiger partial charge in [0.1, 0.15) is 5.69 Å². The van der Waals surface area contributed by atoms with Crippen LogP contribution in [0.2, 0.25) is 0 Å². The van der Waals surface area contributed by atoms with E-state index >= 15 is 0 Å². The van der Waals surface area contributed by atoms with Gasteiger partial charge in [-0.05, 0) is 6.07 Å². The van der Waals surface area contributed by atoms with Gasteiger partial charge in [0.15, 0.2) is 5.78 Å². The zero-order chi connectivity index (χ0) is 11.6. The predicted octanol–water partition coefficient (Wildman–Crippen LogP) is 2.86. The highest BCUT2D eigenvalue weighted by molar-refractivity contribution is 5.92. The van der Waals surface area contributed by atoms with Crippen molar-refractivity contribution < 1.29 is 18.0 Å². The first kappa shape index (κ1) is 11.4. The van der Waals surface area contributed by atoms with E-state index in [1.807, 2.05) is 0 Å². The van der Waals surface area contributed by atoms with Crippen LogP contribution in [0.4, 0.5) is 13.2 Å². The fraction of sp³-hybridized carbons (Fsp3) is 0.200. The van der Waals surface area contributed by atoms with E-state index in [0.29, 0.717) is 0 Å². The summed E-state index contributed by atoms with van der Waals surface area (Å²) in [5.74, 6) is -0.292. The summed E-state index contributed by atoms with van der Waals surface area (Å²) < 4.78 is 36.6. The summed E-state index contributed by atoms with van der Waals surface area (Å²) in [6, 6.07) is 2.42. The van der Waals surface area contributed by atoms with E-state index < -0.39 is 11.7 Å². The number of hydrogen-bond donors (Lipinski definition) is 0. The zero-order valence-corrected chi connectivity index (χ0v) is 7.93. The molecule has 2 nitrogen and oxygen atoms in total. The average molecular weight is 215 g/mol. The molecule has 1 rings (SSSR count). The molecule has 0 aromatic carbocycles. The molecular weight excluding hydrogens is 207 g/mol. The maximum Gasteiger partial charge on any atom is 0.416 e. The summed E-state index contributed by atoms with van der Waals surface area (Å²) in [5.41, 5.74) is -0.966. The molecule has 0 aliphatic heterocycles. The van der Waals surface area contributed by atoms with Crippen molar-refractivity contribution in [2.45, 2.75) is 13.1 Å². The number of nitrogens with zero attached hydrogens (tertiary/aromatic N) is 1. The maximum absolute atomic E-state index is 12.2. The second kappa shape index (κ2) is 3.84. The number of halogens is 3. The molecule has 15 heavy (non-hydrogen) atoms. The number of allylic oxidation sites excluding steroid dienone is 1. The van der Waals surface area contributed by atoms with Crippen LogP contribution in [0.25, 0.3) is 5.57 Å². The topological polar surface area (TPSA) is 30.0 Å². The van der Waals surface area contributed by atoms with Gasteiger partial charge in [-0.2, -0.15) is 13.2 Å². The lowest BCUT2D eigenvalue weighted by Crippen LogP contribution is -2.10. The lowest BCUT2D eigenvalue weighted by Gasteiger charge is -2.09. The van der Waals surface area contributed by atoms with Crippen LogP contribution < -0.4 is 0 Å². The van der Waals surface area contributed by atoms with E-state index in [1.165, 1.54) is 19.1 Å². The van der Waals surface area contributed by atoms with Gasteiger partial charge < -0.3 is 0 Å². The molecule has 0 N–H and O–H groups in total.